The van der Waals surface area contributed by atoms with Gasteiger partial charge in [-0.15, -0.1) is 0 Å². The summed E-state index contributed by atoms with van der Waals surface area (Å²) in [6, 6.07) is 0. The first-order valence-electron chi connectivity index (χ1n) is 7.14. The first-order chi connectivity index (χ1) is 9.77. The van der Waals surface area contributed by atoms with E-state index in [1.54, 1.807) is 7.11 Å². The maximum atomic E-state index is 5.46. The van der Waals surface area contributed by atoms with Crippen LogP contribution in [-0.4, -0.2) is 56.5 Å². The largest absolute Gasteiger partial charge is 0.382 e. The lowest BCUT2D eigenvalue weighted by Gasteiger charge is -2.07. The van der Waals surface area contributed by atoms with Gasteiger partial charge >= 0.3 is 0 Å². The third-order valence-corrected chi connectivity index (χ3v) is 2.87. The summed E-state index contributed by atoms with van der Waals surface area (Å²) < 4.78 is 17.5. The van der Waals surface area contributed by atoms with Crippen LogP contribution in [0.1, 0.15) is 18.2 Å². The normalized spacial score (nSPS) is 11.2. The summed E-state index contributed by atoms with van der Waals surface area (Å²) in [6.45, 7) is 6.98. The topological polar surface area (TPSA) is 57.5 Å². The van der Waals surface area contributed by atoms with Crippen molar-refractivity contribution in [1.82, 2.24) is 15.1 Å². The van der Waals surface area contributed by atoms with E-state index < -0.39 is 0 Å². The van der Waals surface area contributed by atoms with Crippen LogP contribution in [0, 0.1) is 0 Å². The summed E-state index contributed by atoms with van der Waals surface area (Å²) in [5.41, 5.74) is 2.42. The molecule has 0 aliphatic heterocycles. The van der Waals surface area contributed by atoms with Crippen molar-refractivity contribution in [3.8, 4) is 0 Å². The smallest absolute Gasteiger partial charge is 0.0701 e. The molecule has 20 heavy (non-hydrogen) atoms. The van der Waals surface area contributed by atoms with E-state index in [1.807, 2.05) is 11.7 Å². The average Bonchev–Trinajstić information content (AvgIpc) is 2.81. The Kier molecular flexibility index (Phi) is 9.23. The lowest BCUT2D eigenvalue weighted by molar-refractivity contribution is 0.0255. The van der Waals surface area contributed by atoms with Crippen molar-refractivity contribution in [1.29, 1.82) is 0 Å². The molecular formula is C14H27N3O3. The van der Waals surface area contributed by atoms with Crippen LogP contribution in [0.15, 0.2) is 6.20 Å². The molecule has 0 fully saturated rings. The molecule has 0 amide bonds. The number of aryl methyl sites for hydroxylation is 2. The number of nitrogens with one attached hydrogen (secondary N) is 1. The highest BCUT2D eigenvalue weighted by Gasteiger charge is 2.04. The summed E-state index contributed by atoms with van der Waals surface area (Å²) in [5, 5.41) is 7.77. The van der Waals surface area contributed by atoms with Gasteiger partial charge in [0.05, 0.1) is 38.7 Å². The molecule has 0 unspecified atom stereocenters. The van der Waals surface area contributed by atoms with Gasteiger partial charge in [0.15, 0.2) is 0 Å². The van der Waals surface area contributed by atoms with Crippen LogP contribution >= 0.6 is 0 Å². The van der Waals surface area contributed by atoms with Crippen molar-refractivity contribution in [3.05, 3.63) is 17.5 Å². The van der Waals surface area contributed by atoms with Gasteiger partial charge in [0.25, 0.3) is 0 Å². The summed E-state index contributed by atoms with van der Waals surface area (Å²) in [7, 11) is 3.62. The molecule has 0 radical (unpaired) electrons. The second-order valence-electron chi connectivity index (χ2n) is 4.52. The molecule has 1 rings (SSSR count). The third-order valence-electron chi connectivity index (χ3n) is 2.87. The Morgan fingerprint density at radius 3 is 2.55 bits per heavy atom. The molecule has 6 heteroatoms. The van der Waals surface area contributed by atoms with E-state index in [0.717, 1.165) is 25.2 Å². The minimum Gasteiger partial charge on any atom is -0.382 e. The highest BCUT2D eigenvalue weighted by atomic mass is 16.5. The van der Waals surface area contributed by atoms with Gasteiger partial charge in [-0.3, -0.25) is 4.68 Å². The number of methoxy groups -OCH3 is 1. The molecule has 0 bridgehead atoms. The second-order valence-corrected chi connectivity index (χ2v) is 4.52. The Labute approximate surface area is 121 Å². The Morgan fingerprint density at radius 1 is 1.15 bits per heavy atom. The number of aromatic nitrogens is 2. The Balaban J connectivity index is 1.96. The summed E-state index contributed by atoms with van der Waals surface area (Å²) in [4.78, 5) is 0. The van der Waals surface area contributed by atoms with Crippen molar-refractivity contribution >= 4 is 0 Å². The molecule has 0 spiro atoms. The Hall–Kier alpha value is -0.950. The van der Waals surface area contributed by atoms with E-state index in [0.29, 0.717) is 33.0 Å². The van der Waals surface area contributed by atoms with Gasteiger partial charge in [-0.2, -0.15) is 5.10 Å². The summed E-state index contributed by atoms with van der Waals surface area (Å²) in [5.74, 6) is 0. The van der Waals surface area contributed by atoms with Crippen molar-refractivity contribution in [2.24, 2.45) is 7.05 Å². The van der Waals surface area contributed by atoms with Gasteiger partial charge in [-0.25, -0.2) is 0 Å². The molecule has 0 saturated heterocycles. The van der Waals surface area contributed by atoms with E-state index in [4.69, 9.17) is 14.2 Å². The summed E-state index contributed by atoms with van der Waals surface area (Å²) >= 11 is 0. The quantitative estimate of drug-likeness (QED) is 0.574. The van der Waals surface area contributed by atoms with Crippen LogP contribution in [-0.2, 0) is 34.2 Å². The highest BCUT2D eigenvalue weighted by molar-refractivity contribution is 5.16. The van der Waals surface area contributed by atoms with Crippen molar-refractivity contribution in [2.45, 2.75) is 19.9 Å². The minimum absolute atomic E-state index is 0.617. The summed E-state index contributed by atoms with van der Waals surface area (Å²) in [6.07, 6.45) is 3.03. The molecule has 0 saturated carbocycles. The zero-order chi connectivity index (χ0) is 14.6. The predicted molar refractivity (Wildman–Crippen MR) is 77.8 cm³/mol. The molecule has 0 aliphatic carbocycles. The highest BCUT2D eigenvalue weighted by Crippen LogP contribution is 2.06. The zero-order valence-corrected chi connectivity index (χ0v) is 12.9. The molecular weight excluding hydrogens is 258 g/mol. The molecule has 116 valence electrons. The molecule has 0 atom stereocenters. The van der Waals surface area contributed by atoms with Crippen molar-refractivity contribution in [3.63, 3.8) is 0 Å². The van der Waals surface area contributed by atoms with Gasteiger partial charge in [0.1, 0.15) is 0 Å². The molecule has 1 aromatic rings. The van der Waals surface area contributed by atoms with Crippen LogP contribution < -0.4 is 5.32 Å². The molecule has 1 N–H and O–H groups in total. The van der Waals surface area contributed by atoms with E-state index in [2.05, 4.69) is 23.5 Å². The predicted octanol–water partition coefficient (Wildman–Crippen LogP) is 0.752. The fraction of sp³-hybridized carbons (Fsp3) is 0.786. The lowest BCUT2D eigenvalue weighted by Crippen LogP contribution is -2.20. The first kappa shape index (κ1) is 17.1. The van der Waals surface area contributed by atoms with E-state index in [-0.39, 0.29) is 0 Å². The van der Waals surface area contributed by atoms with Gasteiger partial charge in [-0.05, 0) is 6.42 Å². The fourth-order valence-corrected chi connectivity index (χ4v) is 1.86. The van der Waals surface area contributed by atoms with Crippen LogP contribution in [0.3, 0.4) is 0 Å². The third kappa shape index (κ3) is 7.00. The monoisotopic (exact) mass is 285 g/mol. The van der Waals surface area contributed by atoms with Gasteiger partial charge in [0.2, 0.25) is 0 Å². The van der Waals surface area contributed by atoms with Gasteiger partial charge in [0, 0.05) is 39.0 Å². The number of hydrogen-bond acceptors (Lipinski definition) is 5. The number of hydrogen-bond donors (Lipinski definition) is 1. The van der Waals surface area contributed by atoms with Crippen LogP contribution in [0.4, 0.5) is 0 Å². The number of ether oxygens (including phenoxy) is 3. The Morgan fingerprint density at radius 2 is 1.85 bits per heavy atom. The molecule has 1 aromatic heterocycles. The zero-order valence-electron chi connectivity index (χ0n) is 12.9. The van der Waals surface area contributed by atoms with E-state index in [9.17, 15) is 0 Å². The second kappa shape index (κ2) is 10.8. The van der Waals surface area contributed by atoms with Crippen molar-refractivity contribution in [2.75, 3.05) is 46.7 Å². The average molecular weight is 285 g/mol. The minimum atomic E-state index is 0.617. The SMILES string of the molecule is CCc1nn(C)cc1CNCCOCCOCCOC. The standard InChI is InChI=1S/C14H27N3O3/c1-4-14-13(12-17(2)16-14)11-15-5-6-19-9-10-20-8-7-18-3/h12,15H,4-11H2,1-3H3. The molecule has 0 aromatic carbocycles. The van der Waals surface area contributed by atoms with Gasteiger partial charge in [-0.1, -0.05) is 6.92 Å². The Bertz CT molecular complexity index is 355. The van der Waals surface area contributed by atoms with Crippen LogP contribution in [0.2, 0.25) is 0 Å². The first-order valence-corrected chi connectivity index (χ1v) is 7.14. The van der Waals surface area contributed by atoms with Crippen molar-refractivity contribution < 1.29 is 14.2 Å². The molecule has 0 aliphatic rings. The van der Waals surface area contributed by atoms with Crippen LogP contribution in [0.25, 0.3) is 0 Å². The molecule has 6 nitrogen and oxygen atoms in total. The number of nitrogens with zero attached hydrogens (tertiary/aromatic N) is 2. The van der Waals surface area contributed by atoms with Crippen LogP contribution in [0.5, 0.6) is 0 Å². The molecule has 1 heterocycles. The maximum absolute atomic E-state index is 5.46. The number of rotatable bonds is 12. The maximum Gasteiger partial charge on any atom is 0.0701 e. The van der Waals surface area contributed by atoms with Gasteiger partial charge < -0.3 is 19.5 Å². The fourth-order valence-electron chi connectivity index (χ4n) is 1.86. The lowest BCUT2D eigenvalue weighted by atomic mass is 10.2. The van der Waals surface area contributed by atoms with E-state index >= 15 is 0 Å². The van der Waals surface area contributed by atoms with E-state index in [1.165, 1.54) is 5.56 Å².